The molecule has 0 aliphatic rings. The van der Waals surface area contributed by atoms with Crippen LogP contribution in [0.5, 0.6) is 0 Å². The largest absolute Gasteiger partial charge is 1.00 e. The van der Waals surface area contributed by atoms with E-state index in [1.807, 2.05) is 0 Å². The van der Waals surface area contributed by atoms with Crippen LogP contribution >= 0.6 is 0 Å². The van der Waals surface area contributed by atoms with Crippen LogP contribution in [0.1, 0.15) is 1.43 Å². The number of hydrogen-bond donors (Lipinski definition) is 1. The van der Waals surface area contributed by atoms with E-state index in [0.717, 1.165) is 0 Å². The van der Waals surface area contributed by atoms with Gasteiger partial charge in [0.05, 0.1) is 0 Å². The Morgan fingerprint density at radius 1 is 1.50 bits per heavy atom. The van der Waals surface area contributed by atoms with Crippen LogP contribution < -0.4 is 56.9 Å². The summed E-state index contributed by atoms with van der Waals surface area (Å²) in [6.45, 7) is 0. The molecular weight excluding hydrogens is 129 g/mol. The zero-order chi connectivity index (χ0) is 5.11. The van der Waals surface area contributed by atoms with Crippen molar-refractivity contribution in [1.29, 1.82) is 0 Å². The van der Waals surface area contributed by atoms with Crippen LogP contribution in [0, 0.1) is 0 Å². The third-order valence-corrected chi connectivity index (χ3v) is 0.681. The molecule has 0 radical (unpaired) electrons. The van der Waals surface area contributed by atoms with Gasteiger partial charge in [-0.15, -0.1) is 0 Å². The van der Waals surface area contributed by atoms with Crippen LogP contribution in [0.25, 0.3) is 0 Å². The van der Waals surface area contributed by atoms with Gasteiger partial charge in [0.15, 0.2) is 0 Å². The van der Waals surface area contributed by atoms with E-state index in [1.165, 1.54) is 6.07 Å². The minimum Gasteiger partial charge on any atom is -1.00 e. The first-order chi connectivity index (χ1) is 3.39. The van der Waals surface area contributed by atoms with Gasteiger partial charge in [0.25, 0.3) is 0 Å². The van der Waals surface area contributed by atoms with E-state index >= 15 is 0 Å². The average Bonchev–Trinajstić information content (AvgIpc) is 1.69. The van der Waals surface area contributed by atoms with Gasteiger partial charge in [0.1, 0.15) is 0 Å². The predicted molar refractivity (Wildman–Crippen MR) is 28.2 cm³/mol. The maximum atomic E-state index is 10.2. The van der Waals surface area contributed by atoms with Gasteiger partial charge in [0.2, 0.25) is 5.56 Å². The Morgan fingerprint density at radius 3 is 2.50 bits per heavy atom. The zero-order valence-corrected chi connectivity index (χ0v) is 7.84. The second kappa shape index (κ2) is 4.46. The molecule has 0 amide bonds. The number of pyridine rings is 1. The topological polar surface area (TPSA) is 32.9 Å². The second-order valence-corrected chi connectivity index (χ2v) is 1.23. The van der Waals surface area contributed by atoms with Gasteiger partial charge in [-0.1, -0.05) is 6.07 Å². The number of aromatic nitrogens is 1. The molecule has 0 saturated heterocycles. The van der Waals surface area contributed by atoms with E-state index in [1.54, 1.807) is 18.3 Å². The Morgan fingerprint density at radius 2 is 2.25 bits per heavy atom. The molecule has 0 aromatic carbocycles. The Balaban J connectivity index is 0. The van der Waals surface area contributed by atoms with Gasteiger partial charge < -0.3 is 6.41 Å². The van der Waals surface area contributed by atoms with E-state index in [2.05, 4.69) is 4.98 Å². The van der Waals surface area contributed by atoms with Crippen molar-refractivity contribution >= 4 is 0 Å². The van der Waals surface area contributed by atoms with Crippen LogP contribution in [0.15, 0.2) is 29.2 Å². The Labute approximate surface area is 91.2 Å². The third kappa shape index (κ3) is 2.79. The average molecular weight is 135 g/mol. The number of rotatable bonds is 0. The molecule has 0 saturated carbocycles. The molecule has 0 spiro atoms. The molecule has 3 heteroatoms. The first-order valence-corrected chi connectivity index (χ1v) is 2.03. The van der Waals surface area contributed by atoms with Crippen molar-refractivity contribution in [2.24, 2.45) is 0 Å². The number of aromatic amines is 1. The maximum Gasteiger partial charge on any atom is 1.00 e. The molecule has 0 aliphatic heterocycles. The van der Waals surface area contributed by atoms with E-state index in [9.17, 15) is 4.79 Å². The smallest absolute Gasteiger partial charge is 1.00 e. The normalized spacial score (nSPS) is 7.50. The minimum atomic E-state index is -0.0532. The third-order valence-electron chi connectivity index (χ3n) is 0.681. The first-order valence-electron chi connectivity index (χ1n) is 2.03. The minimum absolute atomic E-state index is 0. The summed E-state index contributed by atoms with van der Waals surface area (Å²) in [7, 11) is 0. The molecule has 8 heavy (non-hydrogen) atoms. The van der Waals surface area contributed by atoms with E-state index < -0.39 is 0 Å². The monoisotopic (exact) mass is 135 g/mol. The molecule has 1 aromatic heterocycles. The molecule has 1 aromatic rings. The van der Waals surface area contributed by atoms with Gasteiger partial charge in [-0.25, -0.2) is 0 Å². The molecular formula is C5H6KNO. The van der Waals surface area contributed by atoms with Gasteiger partial charge in [0, 0.05) is 12.3 Å². The number of hydrogen-bond acceptors (Lipinski definition) is 1. The number of nitrogens with one attached hydrogen (secondary N) is 1. The van der Waals surface area contributed by atoms with Crippen molar-refractivity contribution in [1.82, 2.24) is 4.98 Å². The summed E-state index contributed by atoms with van der Waals surface area (Å²) in [4.78, 5) is 12.7. The fraction of sp³-hybridized carbons (Fsp3) is 0. The van der Waals surface area contributed by atoms with Crippen LogP contribution in [0.4, 0.5) is 0 Å². The summed E-state index contributed by atoms with van der Waals surface area (Å²) in [5.41, 5.74) is -0.0532. The molecule has 2 nitrogen and oxygen atoms in total. The Kier molecular flexibility index (Phi) is 4.79. The molecule has 0 fully saturated rings. The summed E-state index contributed by atoms with van der Waals surface area (Å²) >= 11 is 0. The molecule has 1 rings (SSSR count). The zero-order valence-electron chi connectivity index (χ0n) is 5.72. The van der Waals surface area contributed by atoms with E-state index in [4.69, 9.17) is 0 Å². The van der Waals surface area contributed by atoms with Crippen LogP contribution in [0.2, 0.25) is 0 Å². The molecule has 0 aliphatic carbocycles. The molecule has 38 valence electrons. The van der Waals surface area contributed by atoms with Crippen molar-refractivity contribution < 1.29 is 52.8 Å². The molecule has 0 atom stereocenters. The van der Waals surface area contributed by atoms with Crippen molar-refractivity contribution in [3.05, 3.63) is 34.7 Å². The van der Waals surface area contributed by atoms with Crippen LogP contribution in [0.3, 0.4) is 0 Å². The van der Waals surface area contributed by atoms with Gasteiger partial charge >= 0.3 is 51.4 Å². The summed E-state index contributed by atoms with van der Waals surface area (Å²) in [5, 5.41) is 0. The Hall–Kier alpha value is 0.586. The molecule has 1 heterocycles. The summed E-state index contributed by atoms with van der Waals surface area (Å²) in [6.07, 6.45) is 1.60. The van der Waals surface area contributed by atoms with Crippen LogP contribution in [-0.2, 0) is 0 Å². The van der Waals surface area contributed by atoms with Crippen molar-refractivity contribution in [3.63, 3.8) is 0 Å². The fourth-order valence-electron chi connectivity index (χ4n) is 0.377. The predicted octanol–water partition coefficient (Wildman–Crippen LogP) is -2.51. The molecule has 1 N–H and O–H groups in total. The standard InChI is InChI=1S/C5H5NO.K.H/c7-5-3-1-2-4-6-5;;/h1-4H,(H,6,7);;/q;+1;-1. The summed E-state index contributed by atoms with van der Waals surface area (Å²) < 4.78 is 0. The maximum absolute atomic E-state index is 10.2. The van der Waals surface area contributed by atoms with Crippen LogP contribution in [-0.4, -0.2) is 4.98 Å². The quantitative estimate of drug-likeness (QED) is 0.392. The van der Waals surface area contributed by atoms with Gasteiger partial charge in [-0.05, 0) is 6.07 Å². The van der Waals surface area contributed by atoms with E-state index in [-0.39, 0.29) is 58.4 Å². The summed E-state index contributed by atoms with van der Waals surface area (Å²) in [6, 6.07) is 4.93. The number of H-pyrrole nitrogens is 1. The van der Waals surface area contributed by atoms with Crippen molar-refractivity contribution in [2.45, 2.75) is 0 Å². The summed E-state index contributed by atoms with van der Waals surface area (Å²) in [5.74, 6) is 0. The van der Waals surface area contributed by atoms with Gasteiger partial charge in [-0.2, -0.15) is 0 Å². The first kappa shape index (κ1) is 8.59. The van der Waals surface area contributed by atoms with E-state index in [0.29, 0.717) is 0 Å². The second-order valence-electron chi connectivity index (χ2n) is 1.23. The van der Waals surface area contributed by atoms with Crippen molar-refractivity contribution in [3.8, 4) is 0 Å². The Bertz CT molecular complexity index is 183. The molecule has 0 bridgehead atoms. The van der Waals surface area contributed by atoms with Crippen molar-refractivity contribution in [2.75, 3.05) is 0 Å². The van der Waals surface area contributed by atoms with Gasteiger partial charge in [-0.3, -0.25) is 4.79 Å². The SMILES string of the molecule is O=c1cccc[nH]1.[H-].[K+]. The fourth-order valence-corrected chi connectivity index (χ4v) is 0.377. The molecule has 0 unspecified atom stereocenters.